The molecule has 0 aromatic heterocycles. The average molecular weight is 350 g/mol. The topological polar surface area (TPSA) is 27.7 Å². The molecular weight excluding hydrogens is 335 g/mol. The molecule has 114 valence electrons. The van der Waals surface area contributed by atoms with Crippen molar-refractivity contribution >= 4 is 34.8 Å². The second-order valence-electron chi connectivity index (χ2n) is 3.73. The average Bonchev–Trinajstić information content (AvgIpc) is 2.47. The molecule has 1 aromatic carbocycles. The second-order valence-corrected chi connectivity index (χ2v) is 4.86. The number of halogens is 3. The molecule has 0 unspecified atom stereocenters. The number of rotatable bonds is 9. The van der Waals surface area contributed by atoms with E-state index in [-0.39, 0.29) is 52.1 Å². The van der Waals surface area contributed by atoms with Gasteiger partial charge in [-0.2, -0.15) is 0 Å². The molecule has 0 aliphatic rings. The minimum Gasteiger partial charge on any atom is -0.486 e. The van der Waals surface area contributed by atoms with Crippen LogP contribution >= 0.6 is 34.8 Å². The zero-order chi connectivity index (χ0) is 15.8. The minimum atomic E-state index is 0.166. The van der Waals surface area contributed by atoms with Crippen molar-refractivity contribution in [2.75, 3.05) is 19.8 Å². The van der Waals surface area contributed by atoms with Crippen LogP contribution < -0.4 is 14.2 Å². The van der Waals surface area contributed by atoms with E-state index in [9.17, 15) is 0 Å². The van der Waals surface area contributed by atoms with Crippen LogP contribution in [0.15, 0.2) is 38.0 Å². The van der Waals surface area contributed by atoms with Gasteiger partial charge >= 0.3 is 0 Å². The molecule has 6 heteroatoms. The molecular formula is C15H15Cl3O3. The van der Waals surface area contributed by atoms with E-state index in [1.807, 2.05) is 0 Å². The molecule has 3 nitrogen and oxygen atoms in total. The van der Waals surface area contributed by atoms with Crippen molar-refractivity contribution in [3.05, 3.63) is 53.0 Å². The van der Waals surface area contributed by atoms with Crippen molar-refractivity contribution in [3.8, 4) is 17.2 Å². The predicted molar refractivity (Wildman–Crippen MR) is 88.5 cm³/mol. The quantitative estimate of drug-likeness (QED) is 0.563. The summed E-state index contributed by atoms with van der Waals surface area (Å²) in [7, 11) is 0. The number of hydrogen-bond acceptors (Lipinski definition) is 3. The van der Waals surface area contributed by atoms with Crippen LogP contribution in [0.1, 0.15) is 0 Å². The van der Waals surface area contributed by atoms with Crippen molar-refractivity contribution in [3.63, 3.8) is 0 Å². The Balaban J connectivity index is 3.36. The van der Waals surface area contributed by atoms with Gasteiger partial charge in [-0.15, -0.1) is 0 Å². The summed E-state index contributed by atoms with van der Waals surface area (Å²) in [5.74, 6) is 0.669. The summed E-state index contributed by atoms with van der Waals surface area (Å²) >= 11 is 18.7. The third-order valence-electron chi connectivity index (χ3n) is 2.23. The van der Waals surface area contributed by atoms with Crippen molar-refractivity contribution in [2.24, 2.45) is 0 Å². The van der Waals surface area contributed by atoms with Crippen LogP contribution in [0.4, 0.5) is 0 Å². The fourth-order valence-electron chi connectivity index (χ4n) is 1.41. The van der Waals surface area contributed by atoms with Crippen molar-refractivity contribution in [2.45, 2.75) is 0 Å². The van der Waals surface area contributed by atoms with E-state index in [1.54, 1.807) is 18.2 Å². The predicted octanol–water partition coefficient (Wildman–Crippen LogP) is 5.34. The summed E-state index contributed by atoms with van der Waals surface area (Å²) in [4.78, 5) is 0. The summed E-state index contributed by atoms with van der Waals surface area (Å²) in [6.45, 7) is 11.4. The summed E-state index contributed by atoms with van der Waals surface area (Å²) in [5, 5.41) is 0.499. The first-order chi connectivity index (χ1) is 10.1. The van der Waals surface area contributed by atoms with Crippen LogP contribution in [0.25, 0.3) is 0 Å². The first kappa shape index (κ1) is 17.8. The maximum Gasteiger partial charge on any atom is 0.164 e. The van der Waals surface area contributed by atoms with Crippen LogP contribution in [0, 0.1) is 0 Å². The highest BCUT2D eigenvalue weighted by atomic mass is 35.5. The van der Waals surface area contributed by atoms with Gasteiger partial charge in [0.1, 0.15) is 34.9 Å². The molecule has 0 saturated carbocycles. The number of ether oxygens (including phenoxy) is 3. The van der Waals surface area contributed by atoms with Gasteiger partial charge in [0, 0.05) is 0 Å². The largest absolute Gasteiger partial charge is 0.486 e. The Morgan fingerprint density at radius 1 is 0.619 bits per heavy atom. The summed E-state index contributed by atoms with van der Waals surface area (Å²) in [6.07, 6.45) is 4.70. The molecule has 0 radical (unpaired) electrons. The standard InChI is InChI=1S/C15H15Cl3O3/c1-4-7-19-13-10(16)14(20-8-5-2)12(18)15(11(13)17)21-9-6-3/h4-6H,1-3,7-9H2. The Morgan fingerprint density at radius 2 is 0.857 bits per heavy atom. The smallest absolute Gasteiger partial charge is 0.164 e. The summed E-state index contributed by atoms with van der Waals surface area (Å²) in [5.41, 5.74) is 0. The highest BCUT2D eigenvalue weighted by Crippen LogP contribution is 2.52. The van der Waals surface area contributed by atoms with E-state index in [2.05, 4.69) is 19.7 Å². The molecule has 1 rings (SSSR count). The van der Waals surface area contributed by atoms with Gasteiger partial charge in [0.05, 0.1) is 0 Å². The lowest BCUT2D eigenvalue weighted by molar-refractivity contribution is 0.329. The molecule has 21 heavy (non-hydrogen) atoms. The van der Waals surface area contributed by atoms with Crippen molar-refractivity contribution in [1.29, 1.82) is 0 Å². The van der Waals surface area contributed by atoms with Crippen LogP contribution in [0.3, 0.4) is 0 Å². The Hall–Kier alpha value is -1.29. The van der Waals surface area contributed by atoms with Crippen LogP contribution in [0.2, 0.25) is 15.1 Å². The molecule has 0 bridgehead atoms. The summed E-state index contributed by atoms with van der Waals surface area (Å²) < 4.78 is 16.4. The maximum absolute atomic E-state index is 6.23. The molecule has 0 atom stereocenters. The second kappa shape index (κ2) is 8.88. The molecule has 0 fully saturated rings. The number of benzene rings is 1. The van der Waals surface area contributed by atoms with Gasteiger partial charge in [0.15, 0.2) is 17.2 Å². The van der Waals surface area contributed by atoms with Gasteiger partial charge < -0.3 is 14.2 Å². The number of hydrogen-bond donors (Lipinski definition) is 0. The first-order valence-corrected chi connectivity index (χ1v) is 7.13. The Kier molecular flexibility index (Phi) is 7.51. The van der Waals surface area contributed by atoms with Crippen LogP contribution in [-0.4, -0.2) is 19.8 Å². The Bertz CT molecular complexity index is 444. The van der Waals surface area contributed by atoms with E-state index in [1.165, 1.54) is 0 Å². The van der Waals surface area contributed by atoms with E-state index in [0.717, 1.165) is 0 Å². The summed E-state index contributed by atoms with van der Waals surface area (Å²) in [6, 6.07) is 0. The fourth-order valence-corrected chi connectivity index (χ4v) is 2.44. The SMILES string of the molecule is C=CCOc1c(Cl)c(OCC=C)c(Cl)c(OCC=C)c1Cl. The third-order valence-corrected chi connectivity index (χ3v) is 3.26. The Morgan fingerprint density at radius 3 is 1.05 bits per heavy atom. The molecule has 0 saturated heterocycles. The zero-order valence-electron chi connectivity index (χ0n) is 11.3. The van der Waals surface area contributed by atoms with Gasteiger partial charge in [-0.05, 0) is 0 Å². The lowest BCUT2D eigenvalue weighted by atomic mass is 10.3. The van der Waals surface area contributed by atoms with Crippen LogP contribution in [-0.2, 0) is 0 Å². The van der Waals surface area contributed by atoms with Gasteiger partial charge in [0.25, 0.3) is 0 Å². The molecule has 0 amide bonds. The first-order valence-electron chi connectivity index (χ1n) is 5.99. The van der Waals surface area contributed by atoms with Gasteiger partial charge in [0.2, 0.25) is 0 Å². The van der Waals surface area contributed by atoms with Crippen molar-refractivity contribution in [1.82, 2.24) is 0 Å². The highest BCUT2D eigenvalue weighted by Gasteiger charge is 2.24. The highest BCUT2D eigenvalue weighted by molar-refractivity contribution is 6.43. The van der Waals surface area contributed by atoms with Crippen LogP contribution in [0.5, 0.6) is 17.2 Å². The molecule has 0 aliphatic carbocycles. The normalized spacial score (nSPS) is 9.86. The van der Waals surface area contributed by atoms with E-state index in [0.29, 0.717) is 0 Å². The zero-order valence-corrected chi connectivity index (χ0v) is 13.6. The fraction of sp³-hybridized carbons (Fsp3) is 0.200. The molecule has 0 N–H and O–H groups in total. The molecule has 0 spiro atoms. The van der Waals surface area contributed by atoms with Crippen molar-refractivity contribution < 1.29 is 14.2 Å². The minimum absolute atomic E-state index is 0.166. The lowest BCUT2D eigenvalue weighted by Crippen LogP contribution is -2.03. The maximum atomic E-state index is 6.23. The third kappa shape index (κ3) is 4.34. The van der Waals surface area contributed by atoms with E-state index >= 15 is 0 Å². The molecule has 1 aromatic rings. The monoisotopic (exact) mass is 348 g/mol. The van der Waals surface area contributed by atoms with Gasteiger partial charge in [-0.3, -0.25) is 0 Å². The molecule has 0 aliphatic heterocycles. The van der Waals surface area contributed by atoms with Gasteiger partial charge in [-0.1, -0.05) is 72.8 Å². The molecule has 0 heterocycles. The van der Waals surface area contributed by atoms with E-state index < -0.39 is 0 Å². The van der Waals surface area contributed by atoms with Gasteiger partial charge in [-0.25, -0.2) is 0 Å². The van der Waals surface area contributed by atoms with E-state index in [4.69, 9.17) is 49.0 Å². The Labute approximate surface area is 139 Å². The lowest BCUT2D eigenvalue weighted by Gasteiger charge is -2.18.